The zero-order valence-electron chi connectivity index (χ0n) is 9.57. The molecule has 98 valence electrons. The van der Waals surface area contributed by atoms with Gasteiger partial charge in [-0.15, -0.1) is 5.73 Å². The number of hydrogen-bond acceptors (Lipinski definition) is 5. The van der Waals surface area contributed by atoms with Crippen LogP contribution in [0.4, 0.5) is 0 Å². The van der Waals surface area contributed by atoms with Crippen LogP contribution in [0.3, 0.4) is 0 Å². The minimum absolute atomic E-state index is 0.242. The molecule has 0 aromatic carbocycles. The average Bonchev–Trinajstić information content (AvgIpc) is 2.35. The first-order valence-electron chi connectivity index (χ1n) is 5.12. The molecule has 0 radical (unpaired) electrons. The highest BCUT2D eigenvalue weighted by Crippen LogP contribution is 1.77. The number of nitrogens with zero attached hydrogens (tertiary/aromatic N) is 3. The summed E-state index contributed by atoms with van der Waals surface area (Å²) in [5.74, 6) is 0. The number of rotatable bonds is 5. The average molecular weight is 255 g/mol. The van der Waals surface area contributed by atoms with Crippen molar-refractivity contribution in [2.45, 2.75) is 13.1 Å². The lowest BCUT2D eigenvalue weighted by molar-refractivity contribution is 0.253. The van der Waals surface area contributed by atoms with E-state index in [4.69, 9.17) is 10.2 Å². The van der Waals surface area contributed by atoms with Crippen LogP contribution in [0.25, 0.3) is 6.20 Å². The molecule has 1 aromatic rings. The first-order valence-corrected chi connectivity index (χ1v) is 5.12. The predicted octanol–water partition coefficient (Wildman–Crippen LogP) is -2.59. The smallest absolute Gasteiger partial charge is 0.341 e. The van der Waals surface area contributed by atoms with Crippen molar-refractivity contribution in [3.63, 3.8) is 0 Å². The molecule has 0 spiro atoms. The topological polar surface area (TPSA) is 106 Å². The zero-order valence-corrected chi connectivity index (χ0v) is 9.57. The van der Waals surface area contributed by atoms with Gasteiger partial charge in [-0.25, -0.2) is 28.1 Å². The summed E-state index contributed by atoms with van der Waals surface area (Å²) in [7, 11) is 0. The van der Waals surface area contributed by atoms with Crippen LogP contribution >= 0.6 is 0 Å². The maximum Gasteiger partial charge on any atom is 0.341 e. The first-order chi connectivity index (χ1) is 8.58. The zero-order chi connectivity index (χ0) is 13.7. The van der Waals surface area contributed by atoms with Gasteiger partial charge in [0.05, 0.1) is 32.5 Å². The Morgan fingerprint density at radius 2 is 1.44 bits per heavy atom. The van der Waals surface area contributed by atoms with E-state index in [-0.39, 0.29) is 13.1 Å². The molecule has 8 heteroatoms. The monoisotopic (exact) mass is 255 g/mol. The molecule has 1 rings (SSSR count). The normalized spacial score (nSPS) is 10.1. The van der Waals surface area contributed by atoms with Crippen LogP contribution in [0.1, 0.15) is 0 Å². The van der Waals surface area contributed by atoms with Gasteiger partial charge in [0.2, 0.25) is 0 Å². The second kappa shape index (κ2) is 5.97. The fourth-order valence-electron chi connectivity index (χ4n) is 1.44. The van der Waals surface area contributed by atoms with E-state index in [9.17, 15) is 14.4 Å². The summed E-state index contributed by atoms with van der Waals surface area (Å²) >= 11 is 0. The van der Waals surface area contributed by atoms with E-state index in [0.29, 0.717) is 13.7 Å². The van der Waals surface area contributed by atoms with E-state index in [2.05, 4.69) is 12.3 Å². The van der Waals surface area contributed by atoms with Gasteiger partial charge >= 0.3 is 17.1 Å². The summed E-state index contributed by atoms with van der Waals surface area (Å²) in [5.41, 5.74) is -0.385. The largest absolute Gasteiger partial charge is 0.395 e. The summed E-state index contributed by atoms with van der Waals surface area (Å²) in [6.45, 7) is 1.90. The molecule has 1 heterocycles. The minimum Gasteiger partial charge on any atom is -0.395 e. The van der Waals surface area contributed by atoms with E-state index >= 15 is 0 Å². The molecule has 18 heavy (non-hydrogen) atoms. The molecule has 0 aliphatic heterocycles. The summed E-state index contributed by atoms with van der Waals surface area (Å²) in [6, 6.07) is 0. The van der Waals surface area contributed by atoms with E-state index in [1.54, 1.807) is 0 Å². The highest BCUT2D eigenvalue weighted by molar-refractivity contribution is 5.17. The lowest BCUT2D eigenvalue weighted by atomic mass is 10.6. The second-order valence-corrected chi connectivity index (χ2v) is 3.30. The molecule has 0 fully saturated rings. The van der Waals surface area contributed by atoms with Crippen molar-refractivity contribution in [1.29, 1.82) is 0 Å². The van der Waals surface area contributed by atoms with Gasteiger partial charge in [-0.3, -0.25) is 0 Å². The minimum atomic E-state index is -0.885. The standard InChI is InChI=1S/C10H13N3O5/c1-2-3-11-8(16)12(4-6-14)10(18)13(5-7-15)9(11)17/h3,14-15H,1,4-7H2. The van der Waals surface area contributed by atoms with Gasteiger partial charge in [0.1, 0.15) is 0 Å². The maximum absolute atomic E-state index is 11.8. The number of aliphatic hydroxyl groups excluding tert-OH is 2. The molecule has 0 atom stereocenters. The van der Waals surface area contributed by atoms with Crippen molar-refractivity contribution in [2.24, 2.45) is 0 Å². The molecule has 0 aliphatic rings. The van der Waals surface area contributed by atoms with Crippen molar-refractivity contribution in [2.75, 3.05) is 13.2 Å². The highest BCUT2D eigenvalue weighted by atomic mass is 16.3. The van der Waals surface area contributed by atoms with Crippen LogP contribution in [-0.2, 0) is 13.1 Å². The third kappa shape index (κ3) is 2.40. The van der Waals surface area contributed by atoms with Crippen molar-refractivity contribution >= 4 is 6.20 Å². The Morgan fingerprint density at radius 3 is 1.78 bits per heavy atom. The fraction of sp³-hybridized carbons (Fsp3) is 0.400. The molecule has 0 aliphatic carbocycles. The van der Waals surface area contributed by atoms with Crippen molar-refractivity contribution in [3.8, 4) is 0 Å². The second-order valence-electron chi connectivity index (χ2n) is 3.30. The summed E-state index contributed by atoms with van der Waals surface area (Å²) in [6.07, 6.45) is 0.992. The van der Waals surface area contributed by atoms with Crippen LogP contribution in [-0.4, -0.2) is 37.1 Å². The number of aliphatic hydroxyl groups is 2. The lowest BCUT2D eigenvalue weighted by Gasteiger charge is -2.09. The Labute approximate surface area is 101 Å². The Bertz CT molecular complexity index is 601. The molecule has 0 unspecified atom stereocenters. The molecular weight excluding hydrogens is 242 g/mol. The van der Waals surface area contributed by atoms with Gasteiger partial charge in [-0.05, 0) is 0 Å². The first kappa shape index (κ1) is 13.9. The molecule has 8 nitrogen and oxygen atoms in total. The Kier molecular flexibility index (Phi) is 4.61. The molecule has 0 bridgehead atoms. The maximum atomic E-state index is 11.8. The quantitative estimate of drug-likeness (QED) is 0.562. The molecular formula is C10H13N3O5. The third-order valence-corrected chi connectivity index (χ3v) is 2.20. The Morgan fingerprint density at radius 1 is 1.00 bits per heavy atom. The Hall–Kier alpha value is -2.15. The molecule has 0 saturated carbocycles. The van der Waals surface area contributed by atoms with Gasteiger partial charge in [0.25, 0.3) is 0 Å². The SMILES string of the molecule is C=C=Cn1c(=O)n(CCO)c(=O)n(CCO)c1=O. The fourth-order valence-corrected chi connectivity index (χ4v) is 1.44. The summed E-state index contributed by atoms with van der Waals surface area (Å²) in [5, 5.41) is 17.6. The molecule has 0 saturated heterocycles. The van der Waals surface area contributed by atoms with Crippen molar-refractivity contribution in [3.05, 3.63) is 43.8 Å². The van der Waals surface area contributed by atoms with Crippen LogP contribution in [0.5, 0.6) is 0 Å². The predicted molar refractivity (Wildman–Crippen MR) is 63.3 cm³/mol. The van der Waals surface area contributed by atoms with Gasteiger partial charge in [-0.2, -0.15) is 0 Å². The van der Waals surface area contributed by atoms with E-state index in [1.165, 1.54) is 0 Å². The number of hydrogen-bond donors (Lipinski definition) is 2. The van der Waals surface area contributed by atoms with Crippen LogP contribution in [0, 0.1) is 0 Å². The third-order valence-electron chi connectivity index (χ3n) is 2.20. The van der Waals surface area contributed by atoms with Crippen molar-refractivity contribution in [1.82, 2.24) is 13.7 Å². The molecule has 2 N–H and O–H groups in total. The van der Waals surface area contributed by atoms with Crippen LogP contribution < -0.4 is 17.1 Å². The van der Waals surface area contributed by atoms with Gasteiger partial charge in [0.15, 0.2) is 0 Å². The van der Waals surface area contributed by atoms with Crippen LogP contribution in [0.2, 0.25) is 0 Å². The number of aromatic nitrogens is 3. The summed E-state index contributed by atoms with van der Waals surface area (Å²) < 4.78 is 2.04. The van der Waals surface area contributed by atoms with E-state index in [0.717, 1.165) is 6.20 Å². The summed E-state index contributed by atoms with van der Waals surface area (Å²) in [4.78, 5) is 35.4. The van der Waals surface area contributed by atoms with E-state index in [1.807, 2.05) is 0 Å². The van der Waals surface area contributed by atoms with Gasteiger partial charge in [0, 0.05) is 0 Å². The van der Waals surface area contributed by atoms with E-state index < -0.39 is 30.3 Å². The van der Waals surface area contributed by atoms with Crippen LogP contribution in [0.15, 0.2) is 26.7 Å². The van der Waals surface area contributed by atoms with Gasteiger partial charge in [-0.1, -0.05) is 6.58 Å². The lowest BCUT2D eigenvalue weighted by Crippen LogP contribution is -2.53. The molecule has 0 amide bonds. The highest BCUT2D eigenvalue weighted by Gasteiger charge is 2.13. The Balaban J connectivity index is 3.76. The van der Waals surface area contributed by atoms with Gasteiger partial charge < -0.3 is 10.2 Å². The van der Waals surface area contributed by atoms with Crippen molar-refractivity contribution < 1.29 is 10.2 Å². The molecule has 1 aromatic heterocycles.